The molecule has 4 aliphatic carbocycles. The molecule has 7 unspecified atom stereocenters. The van der Waals surface area contributed by atoms with Gasteiger partial charge in [-0.15, -0.1) is 0 Å². The minimum atomic E-state index is 0.438. The fraction of sp³-hybridized carbons (Fsp3) is 0.889. The molecule has 4 fully saturated rings. The second kappa shape index (κ2) is 8.26. The molecule has 168 valence electrons. The van der Waals surface area contributed by atoms with Crippen LogP contribution in [0.5, 0.6) is 0 Å². The Labute approximate surface area is 184 Å². The largest absolute Gasteiger partial charge is 0.394 e. The number of rotatable bonds is 4. The Kier molecular flexibility index (Phi) is 5.79. The van der Waals surface area contributed by atoms with Crippen LogP contribution >= 0.6 is 0 Å². The summed E-state index contributed by atoms with van der Waals surface area (Å²) in [5, 5.41) is 8.26. The molecular formula is C27H44N2O. The number of fused-ring (bicyclic) bond motifs is 5. The van der Waals surface area contributed by atoms with Crippen molar-refractivity contribution in [2.45, 2.75) is 104 Å². The van der Waals surface area contributed by atoms with Gasteiger partial charge in [-0.25, -0.2) is 0 Å². The van der Waals surface area contributed by atoms with Gasteiger partial charge in [0.2, 0.25) is 0 Å². The first-order chi connectivity index (χ1) is 14.5. The van der Waals surface area contributed by atoms with E-state index < -0.39 is 0 Å². The van der Waals surface area contributed by atoms with Crippen molar-refractivity contribution in [3.05, 3.63) is 11.6 Å². The molecule has 0 aromatic carbocycles. The highest BCUT2D eigenvalue weighted by Gasteiger charge is 2.59. The normalized spacial score (nSPS) is 46.4. The average molecular weight is 413 g/mol. The SMILES string of the molecule is C/C(=N\OCC1CCCCN1)C1CCC2C3CCC4=CCCCC4(C)C3CCC12C. The lowest BCUT2D eigenvalue weighted by Gasteiger charge is -2.58. The van der Waals surface area contributed by atoms with Crippen molar-refractivity contribution in [2.24, 2.45) is 39.7 Å². The van der Waals surface area contributed by atoms with Crippen molar-refractivity contribution < 1.29 is 4.84 Å². The predicted octanol–water partition coefficient (Wildman–Crippen LogP) is 6.49. The van der Waals surface area contributed by atoms with Gasteiger partial charge in [0.05, 0.1) is 5.71 Å². The number of hydrogen-bond acceptors (Lipinski definition) is 3. The van der Waals surface area contributed by atoms with E-state index in [1.165, 1.54) is 82.8 Å². The number of oxime groups is 1. The first kappa shape index (κ1) is 21.0. The van der Waals surface area contributed by atoms with Crippen LogP contribution in [-0.4, -0.2) is 24.9 Å². The Bertz CT molecular complexity index is 693. The fourth-order valence-electron chi connectivity index (χ4n) is 8.80. The third-order valence-corrected chi connectivity index (χ3v) is 10.4. The highest BCUT2D eigenvalue weighted by Crippen LogP contribution is 2.66. The van der Waals surface area contributed by atoms with Gasteiger partial charge in [-0.3, -0.25) is 0 Å². The van der Waals surface area contributed by atoms with Gasteiger partial charge >= 0.3 is 0 Å². The maximum absolute atomic E-state index is 5.88. The molecule has 3 heteroatoms. The monoisotopic (exact) mass is 412 g/mol. The molecule has 0 aromatic rings. The first-order valence-electron chi connectivity index (χ1n) is 13.1. The van der Waals surface area contributed by atoms with Crippen LogP contribution in [0.4, 0.5) is 0 Å². The Hall–Kier alpha value is -0.830. The summed E-state index contributed by atoms with van der Waals surface area (Å²) in [6.45, 7) is 9.37. The Balaban J connectivity index is 1.27. The summed E-state index contributed by atoms with van der Waals surface area (Å²) in [6, 6.07) is 0.498. The van der Waals surface area contributed by atoms with Crippen LogP contribution in [0.15, 0.2) is 16.8 Å². The zero-order valence-corrected chi connectivity index (χ0v) is 19.7. The molecule has 7 atom stereocenters. The molecule has 0 amide bonds. The molecule has 3 saturated carbocycles. The molecular weight excluding hydrogens is 368 g/mol. The van der Waals surface area contributed by atoms with E-state index in [9.17, 15) is 0 Å². The van der Waals surface area contributed by atoms with Gasteiger partial charge in [-0.2, -0.15) is 0 Å². The standard InChI is InChI=1S/C27H44N2O/c1-19(29-30-18-21-9-5-7-17-28-21)23-12-13-24-22-11-10-20-8-4-6-15-26(20,2)25(22)14-16-27(23,24)3/h8,21-25,28H,4-7,9-18H2,1-3H3/b29-19+. The van der Waals surface area contributed by atoms with Gasteiger partial charge in [0.15, 0.2) is 0 Å². The van der Waals surface area contributed by atoms with E-state index in [2.05, 4.69) is 37.3 Å². The van der Waals surface area contributed by atoms with Gasteiger partial charge < -0.3 is 10.2 Å². The van der Waals surface area contributed by atoms with Crippen LogP contribution in [0.1, 0.15) is 97.8 Å². The summed E-state index contributed by atoms with van der Waals surface area (Å²) in [7, 11) is 0. The lowest BCUT2D eigenvalue weighted by atomic mass is 9.47. The van der Waals surface area contributed by atoms with Crippen LogP contribution in [0, 0.1) is 34.5 Å². The average Bonchev–Trinajstić information content (AvgIpc) is 3.11. The molecule has 1 saturated heterocycles. The molecule has 0 radical (unpaired) electrons. The Morgan fingerprint density at radius 3 is 2.80 bits per heavy atom. The third-order valence-electron chi connectivity index (χ3n) is 10.4. The zero-order chi connectivity index (χ0) is 20.8. The molecule has 0 aromatic heterocycles. The van der Waals surface area contributed by atoms with Gasteiger partial charge in [-0.05, 0) is 113 Å². The second-order valence-electron chi connectivity index (χ2n) is 11.8. The summed E-state index contributed by atoms with van der Waals surface area (Å²) in [4.78, 5) is 5.88. The van der Waals surface area contributed by atoms with Crippen LogP contribution in [-0.2, 0) is 4.84 Å². The van der Waals surface area contributed by atoms with Gasteiger partial charge in [0, 0.05) is 12.0 Å². The minimum Gasteiger partial charge on any atom is -0.394 e. The molecule has 3 nitrogen and oxygen atoms in total. The number of nitrogens with zero attached hydrogens (tertiary/aromatic N) is 1. The lowest BCUT2D eigenvalue weighted by molar-refractivity contribution is -0.0435. The van der Waals surface area contributed by atoms with Crippen molar-refractivity contribution in [1.29, 1.82) is 0 Å². The van der Waals surface area contributed by atoms with Crippen molar-refractivity contribution in [1.82, 2.24) is 5.32 Å². The number of nitrogens with one attached hydrogen (secondary N) is 1. The van der Waals surface area contributed by atoms with Gasteiger partial charge in [0.25, 0.3) is 0 Å². The van der Waals surface area contributed by atoms with E-state index >= 15 is 0 Å². The molecule has 0 spiro atoms. The molecule has 1 heterocycles. The summed E-state index contributed by atoms with van der Waals surface area (Å²) < 4.78 is 0. The van der Waals surface area contributed by atoms with Crippen LogP contribution in [0.3, 0.4) is 0 Å². The number of piperidine rings is 1. The maximum atomic E-state index is 5.88. The Morgan fingerprint density at radius 1 is 1.07 bits per heavy atom. The molecule has 1 N–H and O–H groups in total. The minimum absolute atomic E-state index is 0.438. The van der Waals surface area contributed by atoms with E-state index in [4.69, 9.17) is 4.84 Å². The van der Waals surface area contributed by atoms with E-state index in [0.717, 1.165) is 30.9 Å². The van der Waals surface area contributed by atoms with E-state index in [-0.39, 0.29) is 0 Å². The second-order valence-corrected chi connectivity index (χ2v) is 11.8. The van der Waals surface area contributed by atoms with Crippen LogP contribution < -0.4 is 5.32 Å². The van der Waals surface area contributed by atoms with E-state index in [1.54, 1.807) is 0 Å². The highest BCUT2D eigenvalue weighted by atomic mass is 16.6. The molecule has 30 heavy (non-hydrogen) atoms. The molecule has 1 aliphatic heterocycles. The predicted molar refractivity (Wildman–Crippen MR) is 125 cm³/mol. The quantitative estimate of drug-likeness (QED) is 0.325. The lowest BCUT2D eigenvalue weighted by Crippen LogP contribution is -2.50. The van der Waals surface area contributed by atoms with Crippen LogP contribution in [0.25, 0.3) is 0 Å². The summed E-state index contributed by atoms with van der Waals surface area (Å²) >= 11 is 0. The third kappa shape index (κ3) is 3.48. The molecule has 5 aliphatic rings. The van der Waals surface area contributed by atoms with Gasteiger partial charge in [0.1, 0.15) is 6.61 Å². The molecule has 0 bridgehead atoms. The van der Waals surface area contributed by atoms with E-state index in [0.29, 0.717) is 22.8 Å². The van der Waals surface area contributed by atoms with Crippen LogP contribution in [0.2, 0.25) is 0 Å². The Morgan fingerprint density at radius 2 is 1.97 bits per heavy atom. The maximum Gasteiger partial charge on any atom is 0.132 e. The van der Waals surface area contributed by atoms with Gasteiger partial charge in [-0.1, -0.05) is 37.1 Å². The molecule has 5 rings (SSSR count). The van der Waals surface area contributed by atoms with Crippen molar-refractivity contribution in [3.8, 4) is 0 Å². The number of hydrogen-bond donors (Lipinski definition) is 1. The summed E-state index contributed by atoms with van der Waals surface area (Å²) in [6.07, 6.45) is 19.0. The highest BCUT2D eigenvalue weighted by molar-refractivity contribution is 5.85. The summed E-state index contributed by atoms with van der Waals surface area (Å²) in [5.41, 5.74) is 4.05. The topological polar surface area (TPSA) is 33.6 Å². The summed E-state index contributed by atoms with van der Waals surface area (Å²) in [5.74, 6) is 3.39. The van der Waals surface area contributed by atoms with Crippen molar-refractivity contribution in [2.75, 3.05) is 13.2 Å². The number of allylic oxidation sites excluding steroid dienone is 2. The van der Waals surface area contributed by atoms with E-state index in [1.807, 2.05) is 5.57 Å². The van der Waals surface area contributed by atoms with Crippen molar-refractivity contribution in [3.63, 3.8) is 0 Å². The smallest absolute Gasteiger partial charge is 0.132 e. The fourth-order valence-corrected chi connectivity index (χ4v) is 8.80. The zero-order valence-electron chi connectivity index (χ0n) is 19.7. The first-order valence-corrected chi connectivity index (χ1v) is 13.1. The van der Waals surface area contributed by atoms with Crippen molar-refractivity contribution >= 4 is 5.71 Å².